The van der Waals surface area contributed by atoms with Crippen molar-refractivity contribution >= 4 is 80.0 Å². The summed E-state index contributed by atoms with van der Waals surface area (Å²) in [5.74, 6) is -4.27. The minimum atomic E-state index is -0.991. The largest absolute Gasteiger partial charge is 0.494 e. The summed E-state index contributed by atoms with van der Waals surface area (Å²) in [6.07, 6.45) is -0.194. The molecular weight excluding hydrogens is 863 g/mol. The fourth-order valence-electron chi connectivity index (χ4n) is 7.27. The zero-order valence-electron chi connectivity index (χ0n) is 36.7. The number of methoxy groups -OCH3 is 2. The number of aliphatic carboxylic acids is 2. The molecule has 12 nitrogen and oxygen atoms in total. The van der Waals surface area contributed by atoms with Gasteiger partial charge in [0.1, 0.15) is 9.98 Å². The van der Waals surface area contributed by atoms with Crippen LogP contribution in [0.4, 0.5) is 8.78 Å². The Morgan fingerprint density at radius 2 is 1.08 bits per heavy atom. The molecule has 6 rings (SSSR count). The number of ether oxygens (including phenoxy) is 2. The Kier molecular flexibility index (Phi) is 15.7. The highest BCUT2D eigenvalue weighted by molar-refractivity contribution is 7.81. The van der Waals surface area contributed by atoms with Gasteiger partial charge in [0.15, 0.2) is 23.1 Å². The second-order valence-electron chi connectivity index (χ2n) is 15.6. The third-order valence-electron chi connectivity index (χ3n) is 10.8. The second-order valence-corrected chi connectivity index (χ2v) is 16.4. The van der Waals surface area contributed by atoms with Gasteiger partial charge in [0.25, 0.3) is 0 Å². The van der Waals surface area contributed by atoms with Gasteiger partial charge in [-0.05, 0) is 57.9 Å². The van der Waals surface area contributed by atoms with E-state index in [2.05, 4.69) is 10.6 Å². The first-order valence-corrected chi connectivity index (χ1v) is 21.1. The Morgan fingerprint density at radius 1 is 0.672 bits per heavy atom. The van der Waals surface area contributed by atoms with Gasteiger partial charge in [-0.2, -0.15) is 0 Å². The van der Waals surface area contributed by atoms with E-state index in [9.17, 15) is 28.0 Å². The Balaban J connectivity index is 0.000000241. The number of nitrogens with one attached hydrogen (secondary N) is 2. The number of aryl methyl sites for hydroxylation is 2. The number of carbonyl (C=O) groups is 4. The number of carboxylic acid groups (broad SMARTS) is 2. The Labute approximate surface area is 380 Å². The minimum Gasteiger partial charge on any atom is -0.494 e. The van der Waals surface area contributed by atoms with Gasteiger partial charge in [0.05, 0.1) is 50.4 Å². The van der Waals surface area contributed by atoms with Crippen LogP contribution in [0.2, 0.25) is 0 Å². The van der Waals surface area contributed by atoms with E-state index < -0.39 is 35.5 Å². The van der Waals surface area contributed by atoms with Crippen LogP contribution in [0.15, 0.2) is 72.8 Å². The van der Waals surface area contributed by atoms with Crippen molar-refractivity contribution in [3.63, 3.8) is 0 Å². The standard InChI is InChI=1S/2C24H25FN2O4S/c1-13-5-7-16(8-6-13)23(32)27-15(3)17(10-22(28)26-12-14(2)24(29)30)18-9-21(31-4)19(25)11-20(18)27;1-13-5-7-16(8-6-13)24(32)27-15(3)17(11-22(28)26-14(2)9-23(29)30)18-10-21(31-4)19(25)12-20(18)27/h5-9,11,14H,10,12H2,1-4H3,(H,26,28)(H,29,30);5-8,10,12,14H,9,11H2,1-4H3,(H,26,28)(H,29,30). The van der Waals surface area contributed by atoms with Crippen LogP contribution in [-0.4, -0.2) is 79.9 Å². The van der Waals surface area contributed by atoms with Gasteiger partial charge >= 0.3 is 11.9 Å². The lowest BCUT2D eigenvalue weighted by Gasteiger charge is -2.13. The Hall–Kier alpha value is -6.52. The molecular formula is C48H50F2N4O8S2. The maximum Gasteiger partial charge on any atom is 0.308 e. The first-order chi connectivity index (χ1) is 30.2. The highest BCUT2D eigenvalue weighted by Gasteiger charge is 2.25. The number of fused-ring (bicyclic) bond motifs is 2. The maximum atomic E-state index is 14.6. The van der Waals surface area contributed by atoms with E-state index in [1.165, 1.54) is 33.3 Å². The van der Waals surface area contributed by atoms with Crippen LogP contribution in [0.5, 0.6) is 11.5 Å². The summed E-state index contributed by atoms with van der Waals surface area (Å²) in [6.45, 7) is 10.8. The quantitative estimate of drug-likeness (QED) is 0.0786. The molecule has 0 radical (unpaired) electrons. The van der Waals surface area contributed by atoms with Crippen LogP contribution in [-0.2, 0) is 32.0 Å². The summed E-state index contributed by atoms with van der Waals surface area (Å²) in [6, 6.07) is 20.7. The molecule has 2 aromatic heterocycles. The molecule has 64 heavy (non-hydrogen) atoms. The molecule has 0 saturated carbocycles. The number of amides is 2. The maximum absolute atomic E-state index is 14.6. The highest BCUT2D eigenvalue weighted by Crippen LogP contribution is 2.34. The van der Waals surface area contributed by atoms with E-state index in [0.717, 1.165) is 22.3 Å². The van der Waals surface area contributed by atoms with Crippen molar-refractivity contribution in [1.82, 2.24) is 19.8 Å². The summed E-state index contributed by atoms with van der Waals surface area (Å²) in [5, 5.41) is 24.6. The van der Waals surface area contributed by atoms with Crippen molar-refractivity contribution in [2.75, 3.05) is 20.8 Å². The van der Waals surface area contributed by atoms with Gasteiger partial charge in [-0.1, -0.05) is 91.0 Å². The van der Waals surface area contributed by atoms with Gasteiger partial charge in [-0.25, -0.2) is 8.78 Å². The molecule has 2 unspecified atom stereocenters. The number of carboxylic acids is 2. The second kappa shape index (κ2) is 20.8. The van der Waals surface area contributed by atoms with Crippen LogP contribution in [0.1, 0.15) is 65.0 Å². The third kappa shape index (κ3) is 11.0. The number of hydrogen-bond acceptors (Lipinski definition) is 8. The van der Waals surface area contributed by atoms with Crippen LogP contribution < -0.4 is 20.1 Å². The van der Waals surface area contributed by atoms with Gasteiger partial charge < -0.3 is 39.5 Å². The van der Waals surface area contributed by atoms with Gasteiger partial charge in [-0.15, -0.1) is 0 Å². The fourth-order valence-corrected chi connectivity index (χ4v) is 8.01. The number of aromatic nitrogens is 2. The molecule has 2 heterocycles. The highest BCUT2D eigenvalue weighted by atomic mass is 32.1. The number of hydrogen-bond donors (Lipinski definition) is 4. The van der Waals surface area contributed by atoms with E-state index >= 15 is 0 Å². The molecule has 0 aliphatic heterocycles. The number of rotatable bonds is 14. The summed E-state index contributed by atoms with van der Waals surface area (Å²) < 4.78 is 43.0. The topological polar surface area (TPSA) is 161 Å². The molecule has 336 valence electrons. The molecule has 0 aliphatic rings. The van der Waals surface area contributed by atoms with E-state index in [0.29, 0.717) is 54.3 Å². The SMILES string of the molecule is COc1cc2c(CC(=O)NC(C)CC(=O)O)c(C)n(C(=S)c3ccc(C)cc3)c2cc1F.COc1cc2c(CC(=O)NCC(C)C(=O)O)c(C)n(C(=S)c3ccc(C)cc3)c2cc1F. The van der Waals surface area contributed by atoms with E-state index in [1.807, 2.05) is 76.2 Å². The number of carbonyl (C=O) groups excluding carboxylic acids is 2. The van der Waals surface area contributed by atoms with Crippen LogP contribution in [0, 0.1) is 45.2 Å². The molecule has 4 N–H and O–H groups in total. The molecule has 0 bridgehead atoms. The molecule has 4 aromatic carbocycles. The van der Waals surface area contributed by atoms with E-state index in [4.69, 9.17) is 44.1 Å². The summed E-state index contributed by atoms with van der Waals surface area (Å²) in [7, 11) is 2.76. The monoisotopic (exact) mass is 912 g/mol. The van der Waals surface area contributed by atoms with Crippen molar-refractivity contribution in [2.45, 2.75) is 66.8 Å². The van der Waals surface area contributed by atoms with Gasteiger partial charge in [-0.3, -0.25) is 19.2 Å². The lowest BCUT2D eigenvalue weighted by molar-refractivity contribution is -0.141. The molecule has 0 spiro atoms. The van der Waals surface area contributed by atoms with E-state index in [-0.39, 0.29) is 49.1 Å². The van der Waals surface area contributed by atoms with Crippen LogP contribution in [0.25, 0.3) is 21.8 Å². The van der Waals surface area contributed by atoms with Gasteiger partial charge in [0, 0.05) is 58.0 Å². The molecule has 2 atom stereocenters. The van der Waals surface area contributed by atoms with Crippen molar-refractivity contribution in [1.29, 1.82) is 0 Å². The molecule has 2 amide bonds. The molecule has 0 aliphatic carbocycles. The summed E-state index contributed by atoms with van der Waals surface area (Å²) >= 11 is 11.5. The van der Waals surface area contributed by atoms with Crippen molar-refractivity contribution in [3.05, 3.63) is 129 Å². The Bertz CT molecular complexity index is 2780. The summed E-state index contributed by atoms with van der Waals surface area (Å²) in [5.41, 5.74) is 7.62. The van der Waals surface area contributed by atoms with Crippen LogP contribution >= 0.6 is 24.4 Å². The van der Waals surface area contributed by atoms with E-state index in [1.54, 1.807) is 28.2 Å². The number of thiocarbonyl (C=S) groups is 2. The molecule has 0 fully saturated rings. The van der Waals surface area contributed by atoms with Crippen LogP contribution in [0.3, 0.4) is 0 Å². The predicted molar refractivity (Wildman–Crippen MR) is 250 cm³/mol. The Morgan fingerprint density at radius 3 is 1.45 bits per heavy atom. The van der Waals surface area contributed by atoms with Gasteiger partial charge in [0.2, 0.25) is 11.8 Å². The third-order valence-corrected chi connectivity index (χ3v) is 11.6. The zero-order valence-corrected chi connectivity index (χ0v) is 38.4. The van der Waals surface area contributed by atoms with Crippen molar-refractivity contribution in [3.8, 4) is 11.5 Å². The average Bonchev–Trinajstić information content (AvgIpc) is 3.65. The first kappa shape index (κ1) is 48.5. The minimum absolute atomic E-state index is 0.00697. The number of nitrogens with zero attached hydrogens (tertiary/aromatic N) is 2. The lowest BCUT2D eigenvalue weighted by Crippen LogP contribution is -2.35. The molecule has 0 saturated heterocycles. The number of halogens is 2. The predicted octanol–water partition coefficient (Wildman–Crippen LogP) is 8.16. The number of benzene rings is 4. The molecule has 16 heteroatoms. The normalized spacial score (nSPS) is 11.9. The molecule has 6 aromatic rings. The smallest absolute Gasteiger partial charge is 0.308 e. The average molecular weight is 913 g/mol. The van der Waals surface area contributed by atoms with Crippen molar-refractivity contribution < 1.29 is 47.6 Å². The lowest BCUT2D eigenvalue weighted by atomic mass is 10.1. The fraction of sp³-hybridized carbons (Fsp3) is 0.292. The van der Waals surface area contributed by atoms with Crippen molar-refractivity contribution in [2.24, 2.45) is 5.92 Å². The summed E-state index contributed by atoms with van der Waals surface area (Å²) in [4.78, 5) is 48.1. The first-order valence-electron chi connectivity index (χ1n) is 20.2. The zero-order chi connectivity index (χ0) is 47.2.